The molecule has 26 heavy (non-hydrogen) atoms. The van der Waals surface area contributed by atoms with Gasteiger partial charge in [-0.25, -0.2) is 4.98 Å². The van der Waals surface area contributed by atoms with E-state index in [1.807, 2.05) is 41.8 Å². The summed E-state index contributed by atoms with van der Waals surface area (Å²) in [5.41, 5.74) is 2.57. The third kappa shape index (κ3) is 3.89. The first-order valence-electron chi connectivity index (χ1n) is 7.71. The zero-order valence-corrected chi connectivity index (χ0v) is 15.0. The van der Waals surface area contributed by atoms with Crippen LogP contribution in [-0.4, -0.2) is 24.1 Å². The van der Waals surface area contributed by atoms with E-state index in [-0.39, 0.29) is 5.69 Å². The number of rotatable bonds is 6. The van der Waals surface area contributed by atoms with E-state index >= 15 is 0 Å². The predicted molar refractivity (Wildman–Crippen MR) is 103 cm³/mol. The number of hydrogen-bond acceptors (Lipinski definition) is 6. The normalized spacial score (nSPS) is 10.8. The molecule has 7 heteroatoms. The van der Waals surface area contributed by atoms with Crippen LogP contribution in [0, 0.1) is 10.1 Å². The van der Waals surface area contributed by atoms with Crippen molar-refractivity contribution in [3.63, 3.8) is 0 Å². The maximum absolute atomic E-state index is 10.8. The summed E-state index contributed by atoms with van der Waals surface area (Å²) in [5.74, 6) is 1.31. The Kier molecular flexibility index (Phi) is 5.28. The number of nitrogens with zero attached hydrogens (tertiary/aromatic N) is 2. The highest BCUT2D eigenvalue weighted by Gasteiger charge is 2.09. The number of nitro groups is 1. The molecule has 0 atom stereocenters. The molecule has 1 heterocycles. The zero-order chi connectivity index (χ0) is 18.5. The first-order chi connectivity index (χ1) is 12.6. The van der Waals surface area contributed by atoms with Crippen LogP contribution >= 0.6 is 11.3 Å². The van der Waals surface area contributed by atoms with Crippen LogP contribution in [0.1, 0.15) is 10.6 Å². The number of ether oxygens (including phenoxy) is 2. The van der Waals surface area contributed by atoms with Crippen molar-refractivity contribution in [1.82, 2.24) is 4.98 Å². The topological polar surface area (TPSA) is 74.5 Å². The van der Waals surface area contributed by atoms with Gasteiger partial charge in [0.2, 0.25) is 0 Å². The second-order valence-corrected chi connectivity index (χ2v) is 6.22. The Morgan fingerprint density at radius 3 is 2.62 bits per heavy atom. The summed E-state index contributed by atoms with van der Waals surface area (Å²) in [6, 6.07) is 12.1. The highest BCUT2D eigenvalue weighted by molar-refractivity contribution is 7.10. The van der Waals surface area contributed by atoms with Crippen molar-refractivity contribution in [2.24, 2.45) is 0 Å². The smallest absolute Gasteiger partial charge is 0.270 e. The molecule has 0 aliphatic rings. The maximum atomic E-state index is 10.8. The van der Waals surface area contributed by atoms with E-state index < -0.39 is 4.92 Å². The number of aromatic nitrogens is 1. The lowest BCUT2D eigenvalue weighted by atomic mass is 10.1. The molecule has 3 aromatic rings. The fraction of sp³-hybridized carbons (Fsp3) is 0.105. The summed E-state index contributed by atoms with van der Waals surface area (Å²) in [6.45, 7) is 0. The van der Waals surface area contributed by atoms with Gasteiger partial charge in [0, 0.05) is 23.1 Å². The van der Waals surface area contributed by atoms with Gasteiger partial charge in [-0.1, -0.05) is 18.2 Å². The molecule has 3 rings (SSSR count). The molecule has 0 N–H and O–H groups in total. The molecule has 0 spiro atoms. The number of thiazole rings is 1. The van der Waals surface area contributed by atoms with Crippen LogP contribution in [0.2, 0.25) is 0 Å². The fourth-order valence-electron chi connectivity index (χ4n) is 2.40. The Hall–Kier alpha value is -3.19. The summed E-state index contributed by atoms with van der Waals surface area (Å²) in [7, 11) is 3.19. The molecule has 132 valence electrons. The number of benzene rings is 2. The molecule has 6 nitrogen and oxygen atoms in total. The molecule has 0 unspecified atom stereocenters. The molecule has 0 amide bonds. The van der Waals surface area contributed by atoms with E-state index in [0.717, 1.165) is 21.8 Å². The number of non-ortho nitro benzene ring substituents is 1. The summed E-state index contributed by atoms with van der Waals surface area (Å²) in [6.07, 6.45) is 3.65. The van der Waals surface area contributed by atoms with E-state index in [1.165, 1.54) is 23.5 Å². The van der Waals surface area contributed by atoms with Gasteiger partial charge in [-0.2, -0.15) is 0 Å². The first kappa shape index (κ1) is 17.6. The van der Waals surface area contributed by atoms with Gasteiger partial charge in [-0.15, -0.1) is 11.3 Å². The van der Waals surface area contributed by atoms with Gasteiger partial charge < -0.3 is 9.47 Å². The molecular weight excluding hydrogens is 352 g/mol. The minimum Gasteiger partial charge on any atom is -0.493 e. The van der Waals surface area contributed by atoms with Crippen LogP contribution in [0.25, 0.3) is 23.4 Å². The number of nitro benzene ring substituents is 1. The average molecular weight is 368 g/mol. The zero-order valence-electron chi connectivity index (χ0n) is 14.2. The Morgan fingerprint density at radius 1 is 1.08 bits per heavy atom. The summed E-state index contributed by atoms with van der Waals surface area (Å²) >= 11 is 1.49. The number of hydrogen-bond donors (Lipinski definition) is 0. The summed E-state index contributed by atoms with van der Waals surface area (Å²) < 4.78 is 10.6. The van der Waals surface area contributed by atoms with Crippen molar-refractivity contribution < 1.29 is 14.4 Å². The van der Waals surface area contributed by atoms with Gasteiger partial charge >= 0.3 is 0 Å². The second-order valence-electron chi connectivity index (χ2n) is 5.33. The minimum atomic E-state index is -0.407. The third-order valence-electron chi connectivity index (χ3n) is 3.70. The lowest BCUT2D eigenvalue weighted by Gasteiger charge is -2.08. The highest BCUT2D eigenvalue weighted by atomic mass is 32.1. The van der Waals surface area contributed by atoms with Crippen molar-refractivity contribution >= 4 is 29.2 Å². The van der Waals surface area contributed by atoms with Crippen molar-refractivity contribution in [1.29, 1.82) is 0 Å². The SMILES string of the molecule is COc1ccc(-c2csc(C=Cc3cccc([N+](=O)[O-])c3)n2)cc1OC. The van der Waals surface area contributed by atoms with Crippen LogP contribution in [0.4, 0.5) is 5.69 Å². The summed E-state index contributed by atoms with van der Waals surface area (Å²) in [5, 5.41) is 13.6. The van der Waals surface area contributed by atoms with Gasteiger partial charge in [-0.05, 0) is 29.8 Å². The Bertz CT molecular complexity index is 966. The quantitative estimate of drug-likeness (QED) is 0.457. The van der Waals surface area contributed by atoms with Crippen LogP contribution in [0.15, 0.2) is 47.8 Å². The van der Waals surface area contributed by atoms with Crippen molar-refractivity contribution in [3.05, 3.63) is 68.5 Å². The summed E-state index contributed by atoms with van der Waals surface area (Å²) in [4.78, 5) is 15.0. The largest absolute Gasteiger partial charge is 0.493 e. The predicted octanol–water partition coefficient (Wildman–Crippen LogP) is 4.91. The molecular formula is C19H16N2O4S. The van der Waals surface area contributed by atoms with Crippen LogP contribution in [0.5, 0.6) is 11.5 Å². The molecule has 0 saturated carbocycles. The number of methoxy groups -OCH3 is 2. The molecule has 0 fully saturated rings. The second kappa shape index (κ2) is 7.79. The van der Waals surface area contributed by atoms with Gasteiger partial charge in [0.15, 0.2) is 11.5 Å². The molecule has 2 aromatic carbocycles. The third-order valence-corrected chi connectivity index (χ3v) is 4.51. The van der Waals surface area contributed by atoms with Crippen LogP contribution in [0.3, 0.4) is 0 Å². The Labute approximate surface area is 154 Å². The molecule has 1 aromatic heterocycles. The van der Waals surface area contributed by atoms with Crippen molar-refractivity contribution in [3.8, 4) is 22.8 Å². The van der Waals surface area contributed by atoms with Crippen molar-refractivity contribution in [2.45, 2.75) is 0 Å². The van der Waals surface area contributed by atoms with Gasteiger partial charge in [0.25, 0.3) is 5.69 Å². The Morgan fingerprint density at radius 2 is 1.88 bits per heavy atom. The average Bonchev–Trinajstić information content (AvgIpc) is 3.15. The molecule has 0 saturated heterocycles. The lowest BCUT2D eigenvalue weighted by Crippen LogP contribution is -1.90. The first-order valence-corrected chi connectivity index (χ1v) is 8.59. The fourth-order valence-corrected chi connectivity index (χ4v) is 3.12. The molecule has 0 radical (unpaired) electrons. The molecule has 0 aliphatic heterocycles. The molecule has 0 aliphatic carbocycles. The standard InChI is InChI=1S/C19H16N2O4S/c1-24-17-8-7-14(11-18(17)25-2)16-12-26-19(20-16)9-6-13-4-3-5-15(10-13)21(22)23/h3-12H,1-2H3. The van der Waals surface area contributed by atoms with E-state index in [0.29, 0.717) is 11.5 Å². The van der Waals surface area contributed by atoms with Crippen LogP contribution in [-0.2, 0) is 0 Å². The van der Waals surface area contributed by atoms with E-state index in [4.69, 9.17) is 9.47 Å². The van der Waals surface area contributed by atoms with E-state index in [2.05, 4.69) is 4.98 Å². The van der Waals surface area contributed by atoms with Gasteiger partial charge in [0.1, 0.15) is 5.01 Å². The van der Waals surface area contributed by atoms with Crippen LogP contribution < -0.4 is 9.47 Å². The van der Waals surface area contributed by atoms with Gasteiger partial charge in [0.05, 0.1) is 24.8 Å². The van der Waals surface area contributed by atoms with E-state index in [1.54, 1.807) is 20.3 Å². The molecule has 0 bridgehead atoms. The minimum absolute atomic E-state index is 0.0669. The highest BCUT2D eigenvalue weighted by Crippen LogP contribution is 2.33. The monoisotopic (exact) mass is 368 g/mol. The Balaban J connectivity index is 1.82. The van der Waals surface area contributed by atoms with Crippen molar-refractivity contribution in [2.75, 3.05) is 14.2 Å². The lowest BCUT2D eigenvalue weighted by molar-refractivity contribution is -0.384. The van der Waals surface area contributed by atoms with Gasteiger partial charge in [-0.3, -0.25) is 10.1 Å². The van der Waals surface area contributed by atoms with E-state index in [9.17, 15) is 10.1 Å². The maximum Gasteiger partial charge on any atom is 0.270 e.